The van der Waals surface area contributed by atoms with Crippen LogP contribution in [0.3, 0.4) is 0 Å². The molecule has 170 valence electrons. The summed E-state index contributed by atoms with van der Waals surface area (Å²) in [5.41, 5.74) is 2.95. The van der Waals surface area contributed by atoms with Gasteiger partial charge in [0.05, 0.1) is 18.9 Å². The number of aromatic amines is 1. The van der Waals surface area contributed by atoms with Gasteiger partial charge >= 0.3 is 0 Å². The van der Waals surface area contributed by atoms with Crippen molar-refractivity contribution in [2.75, 3.05) is 50.1 Å². The Labute approximate surface area is 190 Å². The van der Waals surface area contributed by atoms with Gasteiger partial charge in [0.1, 0.15) is 5.52 Å². The van der Waals surface area contributed by atoms with Crippen LogP contribution in [0.5, 0.6) is 0 Å². The Hall–Kier alpha value is -3.92. The molecule has 0 atom stereocenters. The summed E-state index contributed by atoms with van der Waals surface area (Å²) in [4.78, 5) is 25.7. The monoisotopic (exact) mass is 447 g/mol. The van der Waals surface area contributed by atoms with Crippen molar-refractivity contribution in [3.05, 3.63) is 48.2 Å². The number of fused-ring (bicyclic) bond motifs is 1. The first-order chi connectivity index (χ1) is 16.1. The molecular weight excluding hydrogens is 422 g/mol. The Morgan fingerprint density at radius 2 is 1.97 bits per heavy atom. The summed E-state index contributed by atoms with van der Waals surface area (Å²) >= 11 is 0. The van der Waals surface area contributed by atoms with E-state index in [1.165, 1.54) is 0 Å². The number of hydrogen-bond acceptors (Lipinski definition) is 8. The summed E-state index contributed by atoms with van der Waals surface area (Å²) in [5, 5.41) is 10.6. The van der Waals surface area contributed by atoms with E-state index in [0.717, 1.165) is 11.3 Å². The summed E-state index contributed by atoms with van der Waals surface area (Å²) in [6, 6.07) is 13.5. The van der Waals surface area contributed by atoms with Crippen LogP contribution in [0.25, 0.3) is 22.4 Å². The normalized spacial score (nSPS) is 13.9. The van der Waals surface area contributed by atoms with Gasteiger partial charge < -0.3 is 24.3 Å². The molecule has 10 heteroatoms. The molecule has 0 aliphatic carbocycles. The maximum Gasteiger partial charge on any atom is 0.289 e. The van der Waals surface area contributed by atoms with E-state index in [1.54, 1.807) is 18.0 Å². The lowest BCUT2D eigenvalue weighted by Gasteiger charge is -2.27. The van der Waals surface area contributed by atoms with Gasteiger partial charge in [0.15, 0.2) is 23.0 Å². The highest BCUT2D eigenvalue weighted by Crippen LogP contribution is 2.30. The number of hydrogen-bond donors (Lipinski definition) is 2. The SMILES string of the molecule is CCN(C)C(=O)c1cc2nc(Nc3cc(-c4ccccc4)[nH]n3)nc(N3CCOCC3)c2o1. The fraction of sp³-hybridized carbons (Fsp3) is 0.304. The Morgan fingerprint density at radius 1 is 1.18 bits per heavy atom. The standard InChI is InChI=1S/C23H25N7O3/c1-3-29(2)22(31)18-13-17-20(33-18)21(30-9-11-32-12-10-30)26-23(24-17)25-19-14-16(27-28-19)15-7-5-4-6-8-15/h4-8,13-14H,3,9-12H2,1-2H3,(H2,24,25,26,27,28). The number of morpholine rings is 1. The molecule has 1 amide bonds. The molecule has 1 fully saturated rings. The van der Waals surface area contributed by atoms with E-state index in [4.69, 9.17) is 14.1 Å². The maximum absolute atomic E-state index is 12.7. The average molecular weight is 447 g/mol. The van der Waals surface area contributed by atoms with Crippen LogP contribution >= 0.6 is 0 Å². The van der Waals surface area contributed by atoms with Crippen molar-refractivity contribution in [2.24, 2.45) is 0 Å². The van der Waals surface area contributed by atoms with Gasteiger partial charge in [-0.25, -0.2) is 4.98 Å². The largest absolute Gasteiger partial charge is 0.445 e. The number of anilines is 3. The summed E-state index contributed by atoms with van der Waals surface area (Å²) < 4.78 is 11.4. The highest BCUT2D eigenvalue weighted by molar-refractivity contribution is 5.97. The van der Waals surface area contributed by atoms with E-state index in [1.807, 2.05) is 43.3 Å². The van der Waals surface area contributed by atoms with Gasteiger partial charge in [-0.2, -0.15) is 10.1 Å². The fourth-order valence-electron chi connectivity index (χ4n) is 3.66. The lowest BCUT2D eigenvalue weighted by atomic mass is 10.2. The van der Waals surface area contributed by atoms with Crippen molar-refractivity contribution in [3.8, 4) is 11.3 Å². The van der Waals surface area contributed by atoms with Crippen LogP contribution in [-0.4, -0.2) is 70.9 Å². The van der Waals surface area contributed by atoms with E-state index in [2.05, 4.69) is 25.4 Å². The van der Waals surface area contributed by atoms with Crippen molar-refractivity contribution < 1.29 is 13.9 Å². The zero-order valence-electron chi connectivity index (χ0n) is 18.5. The number of carbonyl (C=O) groups is 1. The molecule has 1 saturated heterocycles. The summed E-state index contributed by atoms with van der Waals surface area (Å²) in [6.45, 7) is 5.02. The summed E-state index contributed by atoms with van der Waals surface area (Å²) in [5.74, 6) is 1.63. The average Bonchev–Trinajstić information content (AvgIpc) is 3.51. The number of ether oxygens (including phenoxy) is 1. The van der Waals surface area contributed by atoms with Crippen LogP contribution in [0, 0.1) is 0 Å². The van der Waals surface area contributed by atoms with Gasteiger partial charge in [0.25, 0.3) is 5.91 Å². The molecule has 5 rings (SSSR count). The highest BCUT2D eigenvalue weighted by Gasteiger charge is 2.24. The van der Waals surface area contributed by atoms with E-state index in [9.17, 15) is 4.79 Å². The van der Waals surface area contributed by atoms with Gasteiger partial charge in [-0.15, -0.1) is 0 Å². The number of benzene rings is 1. The first-order valence-corrected chi connectivity index (χ1v) is 10.9. The van der Waals surface area contributed by atoms with Crippen molar-refractivity contribution in [1.82, 2.24) is 25.1 Å². The molecule has 10 nitrogen and oxygen atoms in total. The predicted molar refractivity (Wildman–Crippen MR) is 125 cm³/mol. The van der Waals surface area contributed by atoms with Crippen LogP contribution < -0.4 is 10.2 Å². The molecule has 2 N–H and O–H groups in total. The second kappa shape index (κ2) is 8.91. The van der Waals surface area contributed by atoms with Crippen LogP contribution in [-0.2, 0) is 4.74 Å². The third kappa shape index (κ3) is 4.24. The Bertz CT molecular complexity index is 1260. The van der Waals surface area contributed by atoms with Gasteiger partial charge in [-0.1, -0.05) is 30.3 Å². The molecule has 0 unspecified atom stereocenters. The number of nitrogens with zero attached hydrogens (tertiary/aromatic N) is 5. The smallest absolute Gasteiger partial charge is 0.289 e. The fourth-order valence-corrected chi connectivity index (χ4v) is 3.66. The number of amides is 1. The maximum atomic E-state index is 12.7. The first-order valence-electron chi connectivity index (χ1n) is 10.9. The predicted octanol–water partition coefficient (Wildman–Crippen LogP) is 3.29. The molecular formula is C23H25N7O3. The Balaban J connectivity index is 1.51. The first kappa shape index (κ1) is 21.0. The number of carbonyl (C=O) groups excluding carboxylic acids is 1. The van der Waals surface area contributed by atoms with Gasteiger partial charge in [0, 0.05) is 38.8 Å². The second-order valence-corrected chi connectivity index (χ2v) is 7.77. The zero-order valence-corrected chi connectivity index (χ0v) is 18.5. The van der Waals surface area contributed by atoms with Crippen LogP contribution in [0.4, 0.5) is 17.6 Å². The van der Waals surface area contributed by atoms with Crippen molar-refractivity contribution in [3.63, 3.8) is 0 Å². The molecule has 4 aromatic rings. The number of H-pyrrole nitrogens is 1. The number of furan rings is 1. The molecule has 1 aliphatic heterocycles. The molecule has 0 radical (unpaired) electrons. The van der Waals surface area contributed by atoms with E-state index in [0.29, 0.717) is 61.5 Å². The highest BCUT2D eigenvalue weighted by atomic mass is 16.5. The summed E-state index contributed by atoms with van der Waals surface area (Å²) in [7, 11) is 1.74. The topological polar surface area (TPSA) is 112 Å². The van der Waals surface area contributed by atoms with E-state index < -0.39 is 0 Å². The minimum absolute atomic E-state index is 0.197. The van der Waals surface area contributed by atoms with Crippen LogP contribution in [0.15, 0.2) is 46.9 Å². The van der Waals surface area contributed by atoms with E-state index >= 15 is 0 Å². The van der Waals surface area contributed by atoms with Gasteiger partial charge in [0.2, 0.25) is 5.95 Å². The minimum atomic E-state index is -0.197. The van der Waals surface area contributed by atoms with Crippen molar-refractivity contribution >= 4 is 34.6 Å². The van der Waals surface area contributed by atoms with Crippen LogP contribution in [0.2, 0.25) is 0 Å². The third-order valence-corrected chi connectivity index (χ3v) is 5.60. The van der Waals surface area contributed by atoms with Crippen LogP contribution in [0.1, 0.15) is 17.5 Å². The van der Waals surface area contributed by atoms with E-state index in [-0.39, 0.29) is 11.7 Å². The van der Waals surface area contributed by atoms with Crippen molar-refractivity contribution in [1.29, 1.82) is 0 Å². The molecule has 0 bridgehead atoms. The second-order valence-electron chi connectivity index (χ2n) is 7.77. The quantitative estimate of drug-likeness (QED) is 0.463. The molecule has 33 heavy (non-hydrogen) atoms. The van der Waals surface area contributed by atoms with Crippen molar-refractivity contribution in [2.45, 2.75) is 6.92 Å². The Morgan fingerprint density at radius 3 is 2.73 bits per heavy atom. The molecule has 3 aromatic heterocycles. The van der Waals surface area contributed by atoms with Gasteiger partial charge in [-0.3, -0.25) is 9.89 Å². The third-order valence-electron chi connectivity index (χ3n) is 5.60. The molecule has 1 aromatic carbocycles. The van der Waals surface area contributed by atoms with Gasteiger partial charge in [-0.05, 0) is 12.5 Å². The number of aromatic nitrogens is 4. The lowest BCUT2D eigenvalue weighted by molar-refractivity contribution is 0.0773. The number of nitrogens with one attached hydrogen (secondary N) is 2. The minimum Gasteiger partial charge on any atom is -0.445 e. The lowest BCUT2D eigenvalue weighted by Crippen LogP contribution is -2.37. The Kier molecular flexibility index (Phi) is 5.66. The molecule has 1 aliphatic rings. The molecule has 0 spiro atoms. The molecule has 0 saturated carbocycles. The number of rotatable bonds is 6. The molecule has 4 heterocycles. The zero-order chi connectivity index (χ0) is 22.8. The summed E-state index contributed by atoms with van der Waals surface area (Å²) in [6.07, 6.45) is 0.